The number of aryl methyl sites for hydroxylation is 4. The topological polar surface area (TPSA) is 0 Å². The Bertz CT molecular complexity index is 765. The van der Waals surface area contributed by atoms with E-state index in [4.69, 9.17) is 0 Å². The van der Waals surface area contributed by atoms with E-state index in [1.54, 1.807) is 33.4 Å². The summed E-state index contributed by atoms with van der Waals surface area (Å²) in [7, 11) is 0. The summed E-state index contributed by atoms with van der Waals surface area (Å²) in [6, 6.07) is 9.82. The molecule has 0 radical (unpaired) electrons. The summed E-state index contributed by atoms with van der Waals surface area (Å²) in [6.07, 6.45) is 41.1. The molecule has 0 aliphatic carbocycles. The Hall–Kier alpha value is -0.781. The molecule has 0 atom stereocenters. The van der Waals surface area contributed by atoms with E-state index in [2.05, 4.69) is 65.8 Å². The molecule has 0 spiro atoms. The van der Waals surface area contributed by atoms with Gasteiger partial charge in [0, 0.05) is 0 Å². The SMILES string of the molecule is CCCCCCc1cc[c-](CCCCCC)c1CCCCCC.CCCCCCc1cc[c-](CCCCCC)c1CCCCCC.[Fe+2]. The predicted octanol–water partition coefficient (Wildman–Crippen LogP) is 15.5. The van der Waals surface area contributed by atoms with E-state index in [1.807, 2.05) is 0 Å². The van der Waals surface area contributed by atoms with Crippen LogP contribution in [0.4, 0.5) is 0 Å². The first-order valence-electron chi connectivity index (χ1n) is 21.2. The molecule has 1 heteroatoms. The number of rotatable bonds is 30. The van der Waals surface area contributed by atoms with Gasteiger partial charge < -0.3 is 0 Å². The maximum Gasteiger partial charge on any atom is 2.00 e. The van der Waals surface area contributed by atoms with Crippen LogP contribution in [-0.2, 0) is 55.6 Å². The van der Waals surface area contributed by atoms with Crippen molar-refractivity contribution in [3.63, 3.8) is 0 Å². The van der Waals surface area contributed by atoms with Gasteiger partial charge in [-0.1, -0.05) is 234 Å². The summed E-state index contributed by atoms with van der Waals surface area (Å²) in [5.41, 5.74) is 10.2. The van der Waals surface area contributed by atoms with Gasteiger partial charge in [-0.25, -0.2) is 12.1 Å². The van der Waals surface area contributed by atoms with Gasteiger partial charge in [0.2, 0.25) is 0 Å². The van der Waals surface area contributed by atoms with E-state index < -0.39 is 0 Å². The van der Waals surface area contributed by atoms with E-state index >= 15 is 0 Å². The fourth-order valence-electron chi connectivity index (χ4n) is 7.22. The van der Waals surface area contributed by atoms with Crippen LogP contribution in [0.1, 0.15) is 229 Å². The molecule has 0 unspecified atom stereocenters. The molecule has 274 valence electrons. The van der Waals surface area contributed by atoms with E-state index in [0.29, 0.717) is 0 Å². The molecular formula is C46H82Fe. The molecule has 0 fully saturated rings. The third kappa shape index (κ3) is 22.5. The predicted molar refractivity (Wildman–Crippen MR) is 211 cm³/mol. The van der Waals surface area contributed by atoms with Crippen LogP contribution in [-0.4, -0.2) is 0 Å². The van der Waals surface area contributed by atoms with Crippen molar-refractivity contribution >= 4 is 0 Å². The largest absolute Gasteiger partial charge is 2.00 e. The van der Waals surface area contributed by atoms with E-state index in [9.17, 15) is 0 Å². The van der Waals surface area contributed by atoms with E-state index in [0.717, 1.165) is 0 Å². The Balaban J connectivity index is 0.000000882. The van der Waals surface area contributed by atoms with Crippen LogP contribution < -0.4 is 0 Å². The van der Waals surface area contributed by atoms with Crippen LogP contribution in [0, 0.1) is 0 Å². The zero-order chi connectivity index (χ0) is 33.5. The number of unbranched alkanes of at least 4 members (excludes halogenated alkanes) is 18. The first-order valence-corrected chi connectivity index (χ1v) is 21.2. The van der Waals surface area contributed by atoms with Gasteiger partial charge in [-0.05, 0) is 0 Å². The van der Waals surface area contributed by atoms with Gasteiger partial charge in [0.25, 0.3) is 0 Å². The average molecular weight is 691 g/mol. The molecule has 0 aliphatic rings. The van der Waals surface area contributed by atoms with Crippen molar-refractivity contribution < 1.29 is 17.1 Å². The van der Waals surface area contributed by atoms with Gasteiger partial charge in [-0.15, -0.1) is 0 Å². The van der Waals surface area contributed by atoms with Gasteiger partial charge >= 0.3 is 17.1 Å². The summed E-state index contributed by atoms with van der Waals surface area (Å²) in [6.45, 7) is 13.8. The second kappa shape index (κ2) is 33.7. The van der Waals surface area contributed by atoms with Gasteiger partial charge in [0.05, 0.1) is 0 Å². The molecule has 47 heavy (non-hydrogen) atoms. The Morgan fingerprint density at radius 3 is 0.915 bits per heavy atom. The maximum absolute atomic E-state index is 2.45. The Morgan fingerprint density at radius 1 is 0.340 bits per heavy atom. The molecule has 0 N–H and O–H groups in total. The first kappa shape index (κ1) is 46.2. The van der Waals surface area contributed by atoms with E-state index in [1.165, 1.54) is 193 Å². The fourth-order valence-corrected chi connectivity index (χ4v) is 7.22. The van der Waals surface area contributed by atoms with E-state index in [-0.39, 0.29) is 17.1 Å². The van der Waals surface area contributed by atoms with Gasteiger partial charge in [0.15, 0.2) is 0 Å². The second-order valence-corrected chi connectivity index (χ2v) is 14.6. The van der Waals surface area contributed by atoms with Crippen LogP contribution in [0.15, 0.2) is 24.3 Å². The van der Waals surface area contributed by atoms with Crippen molar-refractivity contribution in [3.8, 4) is 0 Å². The molecule has 0 nitrogen and oxygen atoms in total. The minimum atomic E-state index is 0. The molecule has 0 saturated heterocycles. The number of hydrogen-bond acceptors (Lipinski definition) is 0. The summed E-state index contributed by atoms with van der Waals surface area (Å²) in [4.78, 5) is 0. The minimum absolute atomic E-state index is 0. The summed E-state index contributed by atoms with van der Waals surface area (Å²) in [5, 5.41) is 0. The molecule has 2 aromatic rings. The third-order valence-electron chi connectivity index (χ3n) is 10.3. The third-order valence-corrected chi connectivity index (χ3v) is 10.3. The monoisotopic (exact) mass is 691 g/mol. The van der Waals surface area contributed by atoms with Crippen molar-refractivity contribution in [2.24, 2.45) is 0 Å². The maximum atomic E-state index is 2.45. The van der Waals surface area contributed by atoms with Crippen LogP contribution in [0.2, 0.25) is 0 Å². The minimum Gasteiger partial charge on any atom is -0.210 e. The molecule has 2 aromatic carbocycles. The smallest absolute Gasteiger partial charge is 0.210 e. The van der Waals surface area contributed by atoms with Gasteiger partial charge in [-0.2, -0.15) is 45.5 Å². The zero-order valence-electron chi connectivity index (χ0n) is 32.9. The molecule has 0 heterocycles. The van der Waals surface area contributed by atoms with Crippen molar-refractivity contribution in [1.82, 2.24) is 0 Å². The van der Waals surface area contributed by atoms with Gasteiger partial charge in [0.1, 0.15) is 0 Å². The zero-order valence-corrected chi connectivity index (χ0v) is 34.0. The van der Waals surface area contributed by atoms with Crippen molar-refractivity contribution in [2.45, 2.75) is 234 Å². The van der Waals surface area contributed by atoms with Crippen molar-refractivity contribution in [2.75, 3.05) is 0 Å². The molecule has 0 saturated carbocycles. The van der Waals surface area contributed by atoms with Crippen LogP contribution >= 0.6 is 0 Å². The standard InChI is InChI=1S/2C23H41.Fe/c2*1-4-7-10-13-16-21-19-20-22(17-14-11-8-5-2)23(21)18-15-12-9-6-3;/h2*19-20H,4-18H2,1-3H3;/q2*-1;+2. The Kier molecular flexibility index (Phi) is 33.1. The van der Waals surface area contributed by atoms with Crippen LogP contribution in [0.25, 0.3) is 0 Å². The quantitative estimate of drug-likeness (QED) is 0.0435. The Labute approximate surface area is 307 Å². The molecule has 0 bridgehead atoms. The average Bonchev–Trinajstić information content (AvgIpc) is 3.65. The first-order chi connectivity index (χ1) is 22.7. The van der Waals surface area contributed by atoms with Crippen LogP contribution in [0.3, 0.4) is 0 Å². The van der Waals surface area contributed by atoms with Crippen LogP contribution in [0.5, 0.6) is 0 Å². The summed E-state index contributed by atoms with van der Waals surface area (Å²) < 4.78 is 0. The fraction of sp³-hybridized carbons (Fsp3) is 0.783. The normalized spacial score (nSPS) is 11.0. The molecule has 0 amide bonds. The van der Waals surface area contributed by atoms with Crippen molar-refractivity contribution in [1.29, 1.82) is 0 Å². The number of hydrogen-bond donors (Lipinski definition) is 0. The van der Waals surface area contributed by atoms with Gasteiger partial charge in [-0.3, -0.25) is 0 Å². The summed E-state index contributed by atoms with van der Waals surface area (Å²) >= 11 is 0. The molecule has 0 aromatic heterocycles. The molecular weight excluding hydrogens is 608 g/mol. The summed E-state index contributed by atoms with van der Waals surface area (Å²) in [5.74, 6) is 0. The van der Waals surface area contributed by atoms with Crippen molar-refractivity contribution in [3.05, 3.63) is 57.6 Å². The molecule has 0 aliphatic heterocycles. The molecule has 2 rings (SSSR count). The Morgan fingerprint density at radius 2 is 0.617 bits per heavy atom. The second-order valence-electron chi connectivity index (χ2n) is 14.6.